The molecule has 3 aromatic heterocycles. The molecule has 4 rings (SSSR count). The van der Waals surface area contributed by atoms with E-state index in [2.05, 4.69) is 48.4 Å². The van der Waals surface area contributed by atoms with Crippen LogP contribution in [0.1, 0.15) is 37.7 Å². The number of hydrogen-bond donors (Lipinski definition) is 2. The summed E-state index contributed by atoms with van der Waals surface area (Å²) >= 11 is 3.17. The van der Waals surface area contributed by atoms with Crippen molar-refractivity contribution < 1.29 is 0 Å². The van der Waals surface area contributed by atoms with Crippen molar-refractivity contribution in [3.05, 3.63) is 75.0 Å². The molecular formula is C22H23N3OS2. The molecule has 0 fully saturated rings. The van der Waals surface area contributed by atoms with Crippen molar-refractivity contribution >= 4 is 32.9 Å². The number of nitrogens with zero attached hydrogens (tertiary/aromatic N) is 1. The van der Waals surface area contributed by atoms with Gasteiger partial charge in [0.15, 0.2) is 0 Å². The van der Waals surface area contributed by atoms with Gasteiger partial charge in [0.1, 0.15) is 10.7 Å². The molecule has 0 amide bonds. The largest absolute Gasteiger partial charge is 0.309 e. The lowest BCUT2D eigenvalue weighted by molar-refractivity contribution is 0.443. The van der Waals surface area contributed by atoms with E-state index in [1.807, 2.05) is 29.0 Å². The van der Waals surface area contributed by atoms with E-state index < -0.39 is 0 Å². The molecule has 0 aliphatic heterocycles. The molecule has 0 saturated carbocycles. The highest BCUT2D eigenvalue weighted by Gasteiger charge is 2.17. The minimum Gasteiger partial charge on any atom is -0.309 e. The van der Waals surface area contributed by atoms with Crippen LogP contribution in [0.15, 0.2) is 58.0 Å². The van der Waals surface area contributed by atoms with E-state index in [1.54, 1.807) is 11.3 Å². The Morgan fingerprint density at radius 2 is 1.93 bits per heavy atom. The van der Waals surface area contributed by atoms with Crippen molar-refractivity contribution in [2.45, 2.75) is 38.8 Å². The summed E-state index contributed by atoms with van der Waals surface area (Å²) in [6.07, 6.45) is 2.06. The zero-order valence-corrected chi connectivity index (χ0v) is 17.6. The second-order valence-electron chi connectivity index (χ2n) is 7.07. The molecule has 0 radical (unpaired) electrons. The molecule has 2 N–H and O–H groups in total. The third-order valence-corrected chi connectivity index (χ3v) is 6.68. The number of aryl methyl sites for hydroxylation is 1. The summed E-state index contributed by atoms with van der Waals surface area (Å²) in [5.74, 6) is 0.698. The Labute approximate surface area is 172 Å². The maximum atomic E-state index is 12.8. The third kappa shape index (κ3) is 4.09. The van der Waals surface area contributed by atoms with Crippen LogP contribution in [0.5, 0.6) is 0 Å². The molecule has 0 saturated heterocycles. The van der Waals surface area contributed by atoms with Crippen molar-refractivity contribution in [3.63, 3.8) is 0 Å². The maximum Gasteiger partial charge on any atom is 0.260 e. The van der Waals surface area contributed by atoms with Gasteiger partial charge in [0.2, 0.25) is 0 Å². The highest BCUT2D eigenvalue weighted by Crippen LogP contribution is 2.33. The van der Waals surface area contributed by atoms with E-state index in [4.69, 9.17) is 4.98 Å². The van der Waals surface area contributed by atoms with Gasteiger partial charge < -0.3 is 10.3 Å². The lowest BCUT2D eigenvalue weighted by Crippen LogP contribution is -2.31. The van der Waals surface area contributed by atoms with Crippen LogP contribution in [0.4, 0.5) is 0 Å². The number of nitrogens with one attached hydrogen (secondary N) is 2. The van der Waals surface area contributed by atoms with E-state index >= 15 is 0 Å². The van der Waals surface area contributed by atoms with Crippen molar-refractivity contribution in [1.82, 2.24) is 15.3 Å². The fourth-order valence-electron chi connectivity index (χ4n) is 3.40. The second-order valence-corrected chi connectivity index (χ2v) is 8.88. The van der Waals surface area contributed by atoms with Crippen LogP contribution in [0.25, 0.3) is 20.7 Å². The summed E-state index contributed by atoms with van der Waals surface area (Å²) in [5, 5.41) is 8.32. The monoisotopic (exact) mass is 409 g/mol. The smallest absolute Gasteiger partial charge is 0.260 e. The molecule has 3 heterocycles. The van der Waals surface area contributed by atoms with Gasteiger partial charge >= 0.3 is 0 Å². The lowest BCUT2D eigenvalue weighted by Gasteiger charge is -2.19. The predicted molar refractivity (Wildman–Crippen MR) is 119 cm³/mol. The average molecular weight is 410 g/mol. The summed E-state index contributed by atoms with van der Waals surface area (Å²) in [5.41, 5.74) is 2.26. The van der Waals surface area contributed by atoms with Gasteiger partial charge in [-0.1, -0.05) is 36.4 Å². The van der Waals surface area contributed by atoms with Gasteiger partial charge in [-0.15, -0.1) is 22.7 Å². The molecule has 6 heteroatoms. The van der Waals surface area contributed by atoms with Crippen LogP contribution in [-0.2, 0) is 6.42 Å². The Hall–Kier alpha value is -2.28. The average Bonchev–Trinajstić information content (AvgIpc) is 3.36. The SMILES string of the molecule is C[C@H](CCc1ccccc1)N[C@H](C)c1nc2scc(-c3cccs3)c2c(=O)[nH]1. The number of thiophene rings is 2. The Morgan fingerprint density at radius 3 is 2.68 bits per heavy atom. The fraction of sp³-hybridized carbons (Fsp3) is 0.273. The molecule has 144 valence electrons. The summed E-state index contributed by atoms with van der Waals surface area (Å²) in [4.78, 5) is 22.4. The van der Waals surface area contributed by atoms with Crippen LogP contribution in [-0.4, -0.2) is 16.0 Å². The molecule has 0 aliphatic carbocycles. The number of benzene rings is 1. The fourth-order valence-corrected chi connectivity index (χ4v) is 5.17. The van der Waals surface area contributed by atoms with Gasteiger partial charge in [0, 0.05) is 21.9 Å². The maximum absolute atomic E-state index is 12.8. The molecule has 2 atom stereocenters. The third-order valence-electron chi connectivity index (χ3n) is 4.90. The summed E-state index contributed by atoms with van der Waals surface area (Å²) in [6, 6.07) is 14.9. The molecule has 0 bridgehead atoms. The molecule has 0 unspecified atom stereocenters. The van der Waals surface area contributed by atoms with Gasteiger partial charge in [-0.25, -0.2) is 4.98 Å². The quantitative estimate of drug-likeness (QED) is 0.430. The van der Waals surface area contributed by atoms with Gasteiger partial charge in [0.25, 0.3) is 5.56 Å². The number of H-pyrrole nitrogens is 1. The molecule has 0 spiro atoms. The summed E-state index contributed by atoms with van der Waals surface area (Å²) in [7, 11) is 0. The van der Waals surface area contributed by atoms with Gasteiger partial charge in [-0.05, 0) is 43.7 Å². The number of rotatable bonds is 7. The standard InChI is InChI=1S/C22H23N3OS2/c1-14(10-11-16-7-4-3-5-8-16)23-15(2)20-24-21(26)19-17(13-28-22(19)25-20)18-9-6-12-27-18/h3-9,12-15,23H,10-11H2,1-2H3,(H,24,25,26)/t14-,15-/m1/s1. The Balaban J connectivity index is 1.48. The van der Waals surface area contributed by atoms with Crippen molar-refractivity contribution in [1.29, 1.82) is 0 Å². The van der Waals surface area contributed by atoms with Crippen LogP contribution in [0.3, 0.4) is 0 Å². The molecule has 28 heavy (non-hydrogen) atoms. The normalized spacial score (nSPS) is 13.6. The van der Waals surface area contributed by atoms with E-state index in [0.717, 1.165) is 28.1 Å². The van der Waals surface area contributed by atoms with Crippen molar-refractivity contribution in [3.8, 4) is 10.4 Å². The zero-order valence-electron chi connectivity index (χ0n) is 15.9. The molecular weight excluding hydrogens is 386 g/mol. The first-order valence-electron chi connectivity index (χ1n) is 9.47. The van der Waals surface area contributed by atoms with Crippen LogP contribution in [0, 0.1) is 0 Å². The second kappa shape index (κ2) is 8.39. The number of hydrogen-bond acceptors (Lipinski definition) is 5. The van der Waals surface area contributed by atoms with Crippen molar-refractivity contribution in [2.75, 3.05) is 0 Å². The lowest BCUT2D eigenvalue weighted by atomic mass is 10.1. The summed E-state index contributed by atoms with van der Waals surface area (Å²) < 4.78 is 0. The van der Waals surface area contributed by atoms with Gasteiger partial charge in [-0.3, -0.25) is 4.79 Å². The van der Waals surface area contributed by atoms with Crippen LogP contribution < -0.4 is 10.9 Å². The molecule has 1 aromatic carbocycles. The first kappa shape index (κ1) is 19.1. The Kier molecular flexibility index (Phi) is 5.71. The highest BCUT2D eigenvalue weighted by atomic mass is 32.1. The Bertz CT molecular complexity index is 1100. The van der Waals surface area contributed by atoms with E-state index in [9.17, 15) is 4.79 Å². The number of aromatic nitrogens is 2. The van der Waals surface area contributed by atoms with Crippen LogP contribution in [0.2, 0.25) is 0 Å². The summed E-state index contributed by atoms with van der Waals surface area (Å²) in [6.45, 7) is 4.23. The van der Waals surface area contributed by atoms with E-state index in [-0.39, 0.29) is 11.6 Å². The van der Waals surface area contributed by atoms with Crippen LogP contribution >= 0.6 is 22.7 Å². The molecule has 4 aromatic rings. The first-order valence-corrected chi connectivity index (χ1v) is 11.2. The van der Waals surface area contributed by atoms with Crippen molar-refractivity contribution in [2.24, 2.45) is 0 Å². The minimum atomic E-state index is -0.0600. The Morgan fingerprint density at radius 1 is 1.11 bits per heavy atom. The first-order chi connectivity index (χ1) is 13.6. The number of aromatic amines is 1. The van der Waals surface area contributed by atoms with Gasteiger partial charge in [-0.2, -0.15) is 0 Å². The van der Waals surface area contributed by atoms with Gasteiger partial charge in [0.05, 0.1) is 11.4 Å². The van der Waals surface area contributed by atoms with E-state index in [0.29, 0.717) is 17.3 Å². The highest BCUT2D eigenvalue weighted by molar-refractivity contribution is 7.18. The topological polar surface area (TPSA) is 57.8 Å². The molecule has 4 nitrogen and oxygen atoms in total. The van der Waals surface area contributed by atoms with E-state index in [1.165, 1.54) is 16.9 Å². The number of fused-ring (bicyclic) bond motifs is 1. The minimum absolute atomic E-state index is 0.0184. The molecule has 0 aliphatic rings. The predicted octanol–water partition coefficient (Wildman–Crippen LogP) is 5.39. The zero-order chi connectivity index (χ0) is 19.5.